The van der Waals surface area contributed by atoms with Gasteiger partial charge in [-0.25, -0.2) is 9.40 Å². The first-order valence-electron chi connectivity index (χ1n) is 8.78. The number of para-hydroxylation sites is 1. The standard InChI is InChI=1S/C20H18FN3O2S/c21-15-7-5-14(6-8-15)13-24-19(25)10-9-16(22-24)20(26)23-11-12-27-18-4-2-1-3-17(18)23/h1-8H,9-13H2. The number of rotatable bonds is 3. The molecule has 27 heavy (non-hydrogen) atoms. The second-order valence-electron chi connectivity index (χ2n) is 6.40. The Morgan fingerprint density at radius 3 is 2.70 bits per heavy atom. The topological polar surface area (TPSA) is 53.0 Å². The van der Waals surface area contributed by atoms with Crippen LogP contribution >= 0.6 is 11.8 Å². The van der Waals surface area contributed by atoms with Crippen LogP contribution in [0.5, 0.6) is 0 Å². The molecule has 0 aliphatic carbocycles. The van der Waals surface area contributed by atoms with Crippen LogP contribution in [0.15, 0.2) is 58.5 Å². The summed E-state index contributed by atoms with van der Waals surface area (Å²) in [5.41, 5.74) is 2.05. The van der Waals surface area contributed by atoms with Crippen molar-refractivity contribution in [2.24, 2.45) is 5.10 Å². The van der Waals surface area contributed by atoms with Crippen molar-refractivity contribution < 1.29 is 14.0 Å². The van der Waals surface area contributed by atoms with E-state index in [2.05, 4.69) is 5.10 Å². The zero-order chi connectivity index (χ0) is 18.8. The lowest BCUT2D eigenvalue weighted by Gasteiger charge is -2.31. The summed E-state index contributed by atoms with van der Waals surface area (Å²) >= 11 is 1.73. The molecule has 0 spiro atoms. The molecule has 138 valence electrons. The number of hydrogen-bond donors (Lipinski definition) is 0. The Labute approximate surface area is 160 Å². The Bertz CT molecular complexity index is 914. The minimum atomic E-state index is -0.329. The van der Waals surface area contributed by atoms with Gasteiger partial charge in [0, 0.05) is 30.0 Å². The lowest BCUT2D eigenvalue weighted by molar-refractivity contribution is -0.132. The minimum absolute atomic E-state index is 0.134. The van der Waals surface area contributed by atoms with Crippen molar-refractivity contribution in [1.82, 2.24) is 5.01 Å². The van der Waals surface area contributed by atoms with Crippen molar-refractivity contribution in [3.05, 3.63) is 59.9 Å². The molecule has 4 rings (SSSR count). The van der Waals surface area contributed by atoms with Crippen LogP contribution in [0.25, 0.3) is 0 Å². The molecule has 0 fully saturated rings. The number of amides is 2. The van der Waals surface area contributed by atoms with Gasteiger partial charge in [-0.3, -0.25) is 9.59 Å². The van der Waals surface area contributed by atoms with Gasteiger partial charge in [0.05, 0.1) is 12.2 Å². The van der Waals surface area contributed by atoms with Gasteiger partial charge in [-0.15, -0.1) is 11.8 Å². The van der Waals surface area contributed by atoms with Crippen LogP contribution in [0, 0.1) is 5.82 Å². The number of carbonyl (C=O) groups excluding carboxylic acids is 2. The molecule has 2 aliphatic rings. The van der Waals surface area contributed by atoms with Gasteiger partial charge in [0.25, 0.3) is 5.91 Å². The number of hydrazone groups is 1. The van der Waals surface area contributed by atoms with Gasteiger partial charge in [0.1, 0.15) is 11.5 Å². The number of halogens is 1. The largest absolute Gasteiger partial charge is 0.305 e. The normalized spacial score (nSPS) is 16.8. The maximum atomic E-state index is 13.1. The fourth-order valence-corrected chi connectivity index (χ4v) is 4.17. The number of hydrogen-bond acceptors (Lipinski definition) is 4. The van der Waals surface area contributed by atoms with E-state index in [1.54, 1.807) is 28.8 Å². The molecule has 0 N–H and O–H groups in total. The summed E-state index contributed by atoms with van der Waals surface area (Å²) in [7, 11) is 0. The molecule has 0 aromatic heterocycles. The zero-order valence-electron chi connectivity index (χ0n) is 14.6. The molecule has 2 aromatic carbocycles. The number of benzene rings is 2. The molecule has 0 saturated heterocycles. The van der Waals surface area contributed by atoms with Gasteiger partial charge >= 0.3 is 0 Å². The van der Waals surface area contributed by atoms with E-state index in [9.17, 15) is 14.0 Å². The average Bonchev–Trinajstić information content (AvgIpc) is 2.70. The van der Waals surface area contributed by atoms with E-state index < -0.39 is 0 Å². The van der Waals surface area contributed by atoms with Crippen molar-refractivity contribution in [3.63, 3.8) is 0 Å². The maximum Gasteiger partial charge on any atom is 0.274 e. The van der Waals surface area contributed by atoms with Crippen LogP contribution in [0.1, 0.15) is 18.4 Å². The smallest absolute Gasteiger partial charge is 0.274 e. The molecular weight excluding hydrogens is 365 g/mol. The summed E-state index contributed by atoms with van der Waals surface area (Å²) in [5.74, 6) is 0.211. The van der Waals surface area contributed by atoms with Crippen molar-refractivity contribution in [2.75, 3.05) is 17.2 Å². The number of fused-ring (bicyclic) bond motifs is 1. The molecule has 7 heteroatoms. The van der Waals surface area contributed by atoms with Gasteiger partial charge < -0.3 is 4.90 Å². The highest BCUT2D eigenvalue weighted by atomic mass is 32.2. The fraction of sp³-hybridized carbons (Fsp3) is 0.250. The number of nitrogens with zero attached hydrogens (tertiary/aromatic N) is 3. The molecule has 2 heterocycles. The Morgan fingerprint density at radius 1 is 1.11 bits per heavy atom. The van der Waals surface area contributed by atoms with Crippen LogP contribution in [0.2, 0.25) is 0 Å². The highest BCUT2D eigenvalue weighted by Crippen LogP contribution is 2.34. The van der Waals surface area contributed by atoms with Gasteiger partial charge in [0.2, 0.25) is 5.91 Å². The SMILES string of the molecule is O=C1CCC(C(=O)N2CCSc3ccccc32)=NN1Cc1ccc(F)cc1. The molecule has 0 unspecified atom stereocenters. The highest BCUT2D eigenvalue weighted by molar-refractivity contribution is 7.99. The second-order valence-corrected chi connectivity index (χ2v) is 7.53. The molecule has 0 saturated carbocycles. The monoisotopic (exact) mass is 383 g/mol. The highest BCUT2D eigenvalue weighted by Gasteiger charge is 2.30. The first-order valence-corrected chi connectivity index (χ1v) is 9.76. The van der Waals surface area contributed by atoms with Gasteiger partial charge in [-0.05, 0) is 29.8 Å². The Hall–Kier alpha value is -2.67. The van der Waals surface area contributed by atoms with E-state index >= 15 is 0 Å². The Kier molecular flexibility index (Phi) is 4.94. The van der Waals surface area contributed by atoms with Gasteiger partial charge in [-0.1, -0.05) is 24.3 Å². The van der Waals surface area contributed by atoms with Gasteiger partial charge in [0.15, 0.2) is 0 Å². The first-order chi connectivity index (χ1) is 13.1. The van der Waals surface area contributed by atoms with E-state index in [4.69, 9.17) is 0 Å². The predicted molar refractivity (Wildman–Crippen MR) is 103 cm³/mol. The van der Waals surface area contributed by atoms with E-state index in [-0.39, 0.29) is 30.6 Å². The van der Waals surface area contributed by atoms with Crippen LogP contribution in [0.4, 0.5) is 10.1 Å². The molecule has 2 amide bonds. The number of anilines is 1. The number of carbonyl (C=O) groups is 2. The summed E-state index contributed by atoms with van der Waals surface area (Å²) in [4.78, 5) is 28.1. The Morgan fingerprint density at radius 2 is 1.89 bits per heavy atom. The van der Waals surface area contributed by atoms with E-state index in [1.165, 1.54) is 17.1 Å². The molecule has 0 bridgehead atoms. The summed E-state index contributed by atoms with van der Waals surface area (Å²) in [5, 5.41) is 5.65. The van der Waals surface area contributed by atoms with Crippen molar-refractivity contribution >= 4 is 35.0 Å². The Balaban J connectivity index is 1.57. The van der Waals surface area contributed by atoms with Gasteiger partial charge in [-0.2, -0.15) is 5.10 Å². The first kappa shape index (κ1) is 17.7. The lowest BCUT2D eigenvalue weighted by atomic mass is 10.1. The molecule has 2 aliphatic heterocycles. The third-order valence-electron chi connectivity index (χ3n) is 4.57. The van der Waals surface area contributed by atoms with Crippen LogP contribution in [-0.4, -0.2) is 34.8 Å². The maximum absolute atomic E-state index is 13.1. The summed E-state index contributed by atoms with van der Waals surface area (Å²) in [6, 6.07) is 13.7. The van der Waals surface area contributed by atoms with Crippen LogP contribution < -0.4 is 4.90 Å². The van der Waals surface area contributed by atoms with Crippen molar-refractivity contribution in [1.29, 1.82) is 0 Å². The summed E-state index contributed by atoms with van der Waals surface area (Å²) in [6.07, 6.45) is 0.583. The third-order valence-corrected chi connectivity index (χ3v) is 5.61. The molecular formula is C20H18FN3O2S. The lowest BCUT2D eigenvalue weighted by Crippen LogP contribution is -2.43. The molecule has 5 nitrogen and oxygen atoms in total. The minimum Gasteiger partial charge on any atom is -0.305 e. The molecule has 0 atom stereocenters. The summed E-state index contributed by atoms with van der Waals surface area (Å²) in [6.45, 7) is 0.841. The fourth-order valence-electron chi connectivity index (χ4n) is 3.18. The quantitative estimate of drug-likeness (QED) is 0.816. The second kappa shape index (κ2) is 7.52. The van der Waals surface area contributed by atoms with Crippen molar-refractivity contribution in [3.8, 4) is 0 Å². The van der Waals surface area contributed by atoms with Crippen LogP contribution in [0.3, 0.4) is 0 Å². The van der Waals surface area contributed by atoms with Crippen molar-refractivity contribution in [2.45, 2.75) is 24.3 Å². The van der Waals surface area contributed by atoms with Crippen LogP contribution in [-0.2, 0) is 16.1 Å². The molecule has 0 radical (unpaired) electrons. The zero-order valence-corrected chi connectivity index (χ0v) is 15.4. The predicted octanol–water partition coefficient (Wildman–Crippen LogP) is 3.44. The third kappa shape index (κ3) is 3.73. The molecule has 2 aromatic rings. The summed E-state index contributed by atoms with van der Waals surface area (Å²) < 4.78 is 13.1. The number of thioether (sulfide) groups is 1. The van der Waals surface area contributed by atoms with E-state index in [1.807, 2.05) is 24.3 Å². The van der Waals surface area contributed by atoms with E-state index in [0.29, 0.717) is 18.7 Å². The average molecular weight is 383 g/mol. The van der Waals surface area contributed by atoms with E-state index in [0.717, 1.165) is 21.9 Å².